The van der Waals surface area contributed by atoms with E-state index in [-0.39, 0.29) is 30.8 Å². The number of nitrogens with zero attached hydrogens (tertiary/aromatic N) is 2. The summed E-state index contributed by atoms with van der Waals surface area (Å²) in [5, 5.41) is 2.67. The van der Waals surface area contributed by atoms with Gasteiger partial charge in [-0.2, -0.15) is 0 Å². The van der Waals surface area contributed by atoms with Crippen LogP contribution in [-0.2, 0) is 24.7 Å². The molecule has 0 aromatic heterocycles. The molecular formula is C20H24FN3O5. The molecule has 2 saturated heterocycles. The summed E-state index contributed by atoms with van der Waals surface area (Å²) in [6.45, 7) is 2.08. The molecule has 2 aliphatic rings. The van der Waals surface area contributed by atoms with Gasteiger partial charge in [0.05, 0.1) is 13.0 Å². The Morgan fingerprint density at radius 2 is 1.83 bits per heavy atom. The lowest BCUT2D eigenvalue weighted by atomic mass is 9.87. The van der Waals surface area contributed by atoms with Crippen LogP contribution in [0, 0.1) is 11.7 Å². The third-order valence-corrected chi connectivity index (χ3v) is 5.72. The van der Waals surface area contributed by atoms with E-state index >= 15 is 0 Å². The predicted octanol–water partition coefficient (Wildman–Crippen LogP) is 1.39. The lowest BCUT2D eigenvalue weighted by Gasteiger charge is -2.31. The molecule has 1 aromatic carbocycles. The second kappa shape index (κ2) is 8.18. The Hall–Kier alpha value is -2.97. The standard InChI is InChI=1S/C20H24FN3O5/c1-3-20(14-4-6-15(21)7-5-14)18(27)24(19(28)22-20)12-16(25)23-10-8-13(9-11-23)17(26)29-2/h4-7,13H,3,8-12H2,1-2H3,(H,22,28)/t20-/m1/s1. The van der Waals surface area contributed by atoms with Crippen LogP contribution in [0.25, 0.3) is 0 Å². The van der Waals surface area contributed by atoms with Crippen LogP contribution < -0.4 is 5.32 Å². The number of methoxy groups -OCH3 is 1. The maximum atomic E-state index is 13.3. The molecule has 1 N–H and O–H groups in total. The summed E-state index contributed by atoms with van der Waals surface area (Å²) in [6, 6.07) is 4.72. The molecule has 0 saturated carbocycles. The summed E-state index contributed by atoms with van der Waals surface area (Å²) in [5.74, 6) is -1.87. The number of urea groups is 1. The first-order valence-corrected chi connectivity index (χ1v) is 9.58. The quantitative estimate of drug-likeness (QED) is 0.590. The Morgan fingerprint density at radius 3 is 2.38 bits per heavy atom. The number of amides is 4. The maximum absolute atomic E-state index is 13.3. The van der Waals surface area contributed by atoms with Gasteiger partial charge >= 0.3 is 12.0 Å². The fraction of sp³-hybridized carbons (Fsp3) is 0.500. The number of likely N-dealkylation sites (tertiary alicyclic amines) is 1. The second-order valence-corrected chi connectivity index (χ2v) is 7.27. The van der Waals surface area contributed by atoms with E-state index in [1.54, 1.807) is 11.8 Å². The van der Waals surface area contributed by atoms with Crippen LogP contribution in [0.15, 0.2) is 24.3 Å². The number of rotatable bonds is 5. The number of hydrogen-bond acceptors (Lipinski definition) is 5. The maximum Gasteiger partial charge on any atom is 0.325 e. The first kappa shape index (κ1) is 20.8. The third kappa shape index (κ3) is 3.81. The number of esters is 1. The number of carbonyl (C=O) groups is 4. The first-order chi connectivity index (χ1) is 13.8. The van der Waals surface area contributed by atoms with Crippen molar-refractivity contribution in [1.29, 1.82) is 0 Å². The number of carbonyl (C=O) groups excluding carboxylic acids is 4. The van der Waals surface area contributed by atoms with Gasteiger partial charge in [0, 0.05) is 13.1 Å². The highest BCUT2D eigenvalue weighted by Crippen LogP contribution is 2.32. The smallest absolute Gasteiger partial charge is 0.325 e. The highest BCUT2D eigenvalue weighted by molar-refractivity contribution is 6.09. The molecule has 29 heavy (non-hydrogen) atoms. The number of halogens is 1. The van der Waals surface area contributed by atoms with Crippen LogP contribution in [-0.4, -0.2) is 60.4 Å². The van der Waals surface area contributed by atoms with E-state index in [0.29, 0.717) is 31.5 Å². The summed E-state index contributed by atoms with van der Waals surface area (Å²) >= 11 is 0. The van der Waals surface area contributed by atoms with Gasteiger partial charge in [0.15, 0.2) is 0 Å². The van der Waals surface area contributed by atoms with Gasteiger partial charge in [0.1, 0.15) is 17.9 Å². The van der Waals surface area contributed by atoms with Gasteiger partial charge in [-0.3, -0.25) is 19.3 Å². The Bertz CT molecular complexity index is 820. The minimum Gasteiger partial charge on any atom is -0.469 e. The second-order valence-electron chi connectivity index (χ2n) is 7.27. The zero-order chi connectivity index (χ0) is 21.2. The molecule has 0 unspecified atom stereocenters. The average Bonchev–Trinajstić information content (AvgIpc) is 2.98. The summed E-state index contributed by atoms with van der Waals surface area (Å²) in [7, 11) is 1.33. The van der Waals surface area contributed by atoms with Crippen molar-refractivity contribution in [3.05, 3.63) is 35.6 Å². The molecule has 2 heterocycles. The van der Waals surface area contributed by atoms with Crippen molar-refractivity contribution in [2.24, 2.45) is 5.92 Å². The summed E-state index contributed by atoms with van der Waals surface area (Å²) in [4.78, 5) is 52.3. The lowest BCUT2D eigenvalue weighted by Crippen LogP contribution is -2.47. The monoisotopic (exact) mass is 405 g/mol. The number of benzene rings is 1. The van der Waals surface area contributed by atoms with Gasteiger partial charge in [0.25, 0.3) is 5.91 Å². The van der Waals surface area contributed by atoms with Crippen LogP contribution >= 0.6 is 0 Å². The lowest BCUT2D eigenvalue weighted by molar-refractivity contribution is -0.149. The van der Waals surface area contributed by atoms with E-state index in [1.807, 2.05) is 0 Å². The zero-order valence-corrected chi connectivity index (χ0v) is 16.4. The normalized spacial score (nSPS) is 22.6. The Morgan fingerprint density at radius 1 is 1.21 bits per heavy atom. The van der Waals surface area contributed by atoms with E-state index in [2.05, 4.69) is 5.32 Å². The Balaban J connectivity index is 1.69. The van der Waals surface area contributed by atoms with Crippen molar-refractivity contribution >= 4 is 23.8 Å². The fourth-order valence-electron chi connectivity index (χ4n) is 3.91. The van der Waals surface area contributed by atoms with Gasteiger partial charge in [0.2, 0.25) is 5.91 Å². The van der Waals surface area contributed by atoms with Crippen molar-refractivity contribution < 1.29 is 28.3 Å². The largest absolute Gasteiger partial charge is 0.469 e. The third-order valence-electron chi connectivity index (χ3n) is 5.72. The number of ether oxygens (including phenoxy) is 1. The van der Waals surface area contributed by atoms with Gasteiger partial charge in [-0.15, -0.1) is 0 Å². The molecule has 2 fully saturated rings. The number of nitrogens with one attached hydrogen (secondary N) is 1. The Labute approximate surface area is 168 Å². The van der Waals surface area contributed by atoms with Crippen molar-refractivity contribution in [2.45, 2.75) is 31.7 Å². The average molecular weight is 405 g/mol. The molecular weight excluding hydrogens is 381 g/mol. The summed E-state index contributed by atoms with van der Waals surface area (Å²) in [5.41, 5.74) is -0.850. The number of hydrogen-bond donors (Lipinski definition) is 1. The van der Waals surface area contributed by atoms with E-state index in [4.69, 9.17) is 4.74 Å². The molecule has 4 amide bonds. The van der Waals surface area contributed by atoms with Gasteiger partial charge in [-0.05, 0) is 37.0 Å². The van der Waals surface area contributed by atoms with Crippen molar-refractivity contribution in [1.82, 2.24) is 15.1 Å². The molecule has 1 aromatic rings. The van der Waals surface area contributed by atoms with E-state index < -0.39 is 23.3 Å². The van der Waals surface area contributed by atoms with Crippen molar-refractivity contribution in [2.75, 3.05) is 26.7 Å². The molecule has 2 aliphatic heterocycles. The molecule has 1 atom stereocenters. The molecule has 3 rings (SSSR count). The fourth-order valence-corrected chi connectivity index (χ4v) is 3.91. The minimum atomic E-state index is -1.32. The molecule has 0 radical (unpaired) electrons. The molecule has 156 valence electrons. The summed E-state index contributed by atoms with van der Waals surface area (Å²) < 4.78 is 18.0. The van der Waals surface area contributed by atoms with Crippen LogP contribution in [0.4, 0.5) is 9.18 Å². The number of piperidine rings is 1. The predicted molar refractivity (Wildman–Crippen MR) is 99.9 cm³/mol. The van der Waals surface area contributed by atoms with Crippen LogP contribution in [0.5, 0.6) is 0 Å². The van der Waals surface area contributed by atoms with Gasteiger partial charge < -0.3 is 15.0 Å². The van der Waals surface area contributed by atoms with E-state index in [1.165, 1.54) is 31.4 Å². The van der Waals surface area contributed by atoms with E-state index in [0.717, 1.165) is 4.90 Å². The van der Waals surface area contributed by atoms with Crippen LogP contribution in [0.3, 0.4) is 0 Å². The van der Waals surface area contributed by atoms with Crippen molar-refractivity contribution in [3.8, 4) is 0 Å². The van der Waals surface area contributed by atoms with E-state index in [9.17, 15) is 23.6 Å². The minimum absolute atomic E-state index is 0.244. The molecule has 9 heteroatoms. The van der Waals surface area contributed by atoms with Crippen molar-refractivity contribution in [3.63, 3.8) is 0 Å². The van der Waals surface area contributed by atoms with Crippen LogP contribution in [0.2, 0.25) is 0 Å². The van der Waals surface area contributed by atoms with Gasteiger partial charge in [-0.1, -0.05) is 19.1 Å². The molecule has 0 aliphatic carbocycles. The topological polar surface area (TPSA) is 96.0 Å². The first-order valence-electron chi connectivity index (χ1n) is 9.58. The molecule has 0 spiro atoms. The van der Waals surface area contributed by atoms with Gasteiger partial charge in [-0.25, -0.2) is 9.18 Å². The number of imide groups is 1. The SMILES string of the molecule is CC[C@]1(c2ccc(F)cc2)NC(=O)N(CC(=O)N2CCC(C(=O)OC)CC2)C1=O. The highest BCUT2D eigenvalue weighted by Gasteiger charge is 2.51. The van der Waals surface area contributed by atoms with Crippen LogP contribution in [0.1, 0.15) is 31.7 Å². The Kier molecular flexibility index (Phi) is 5.86. The molecule has 8 nitrogen and oxygen atoms in total. The summed E-state index contributed by atoms with van der Waals surface area (Å²) in [6.07, 6.45) is 1.22. The molecule has 0 bridgehead atoms. The zero-order valence-electron chi connectivity index (χ0n) is 16.4. The highest BCUT2D eigenvalue weighted by atomic mass is 19.1.